The van der Waals surface area contributed by atoms with Crippen molar-refractivity contribution in [3.05, 3.63) is 12.3 Å². The molecule has 2 heteroatoms. The second kappa shape index (κ2) is 6.61. The van der Waals surface area contributed by atoms with Gasteiger partial charge in [0.25, 0.3) is 0 Å². The van der Waals surface area contributed by atoms with Gasteiger partial charge in [0.1, 0.15) is 0 Å². The van der Waals surface area contributed by atoms with Gasteiger partial charge in [-0.05, 0) is 56.5 Å². The van der Waals surface area contributed by atoms with Crippen LogP contribution in [-0.4, -0.2) is 25.1 Å². The maximum absolute atomic E-state index is 5.67. The van der Waals surface area contributed by atoms with E-state index in [0.29, 0.717) is 5.41 Å². The molecule has 1 rings (SSSR count). The lowest BCUT2D eigenvalue weighted by molar-refractivity contribution is 0.116. The van der Waals surface area contributed by atoms with Gasteiger partial charge in [0.05, 0.1) is 12.4 Å². The van der Waals surface area contributed by atoms with Crippen LogP contribution in [0.15, 0.2) is 12.3 Å². The van der Waals surface area contributed by atoms with Gasteiger partial charge in [-0.15, -0.1) is 7.92 Å². The minimum atomic E-state index is 0.174. The van der Waals surface area contributed by atoms with Crippen molar-refractivity contribution in [2.45, 2.75) is 66.0 Å². The number of allylic oxidation sites excluding steroid dienone is 1. The molecule has 19 heavy (non-hydrogen) atoms. The minimum absolute atomic E-state index is 0.174. The summed E-state index contributed by atoms with van der Waals surface area (Å²) in [6, 6.07) is 0. The summed E-state index contributed by atoms with van der Waals surface area (Å²) in [4.78, 5) is 0. The van der Waals surface area contributed by atoms with Crippen molar-refractivity contribution in [1.29, 1.82) is 0 Å². The van der Waals surface area contributed by atoms with Crippen molar-refractivity contribution in [1.82, 2.24) is 0 Å². The summed E-state index contributed by atoms with van der Waals surface area (Å²) in [5.41, 5.74) is 1.66. The van der Waals surface area contributed by atoms with Crippen molar-refractivity contribution in [3.63, 3.8) is 0 Å². The Bertz CT molecular complexity index is 295. The lowest BCUT2D eigenvalue weighted by Crippen LogP contribution is -2.30. The fraction of sp³-hybridized carbons (Fsp3) is 0.882. The number of ether oxygens (including phenoxy) is 1. The molecular weight excluding hydrogens is 251 g/mol. The largest absolute Gasteiger partial charge is 0.498 e. The molecule has 1 nitrogen and oxygen atoms in total. The van der Waals surface area contributed by atoms with Crippen LogP contribution in [0.4, 0.5) is 0 Å². The van der Waals surface area contributed by atoms with Gasteiger partial charge in [-0.25, -0.2) is 0 Å². The van der Waals surface area contributed by atoms with Crippen LogP contribution in [0.5, 0.6) is 0 Å². The van der Waals surface area contributed by atoms with Crippen molar-refractivity contribution < 1.29 is 4.74 Å². The average Bonchev–Trinajstić information content (AvgIpc) is 2.27. The van der Waals surface area contributed by atoms with Gasteiger partial charge in [-0.3, -0.25) is 0 Å². The Labute approximate surface area is 121 Å². The predicted molar refractivity (Wildman–Crippen MR) is 88.3 cm³/mol. The molecule has 0 N–H and O–H groups in total. The Hall–Kier alpha value is -0.0300. The van der Waals surface area contributed by atoms with Gasteiger partial charge in [0.15, 0.2) is 0 Å². The van der Waals surface area contributed by atoms with E-state index >= 15 is 0 Å². The zero-order valence-corrected chi connectivity index (χ0v) is 14.8. The molecule has 1 unspecified atom stereocenters. The standard InChI is InChI=1S/C17H33OP/c1-8-18-14(2)17(6)11-9-15(10-12-17)19(7)13-16(3,4)5/h15H,2,8-13H2,1,3-7H3. The summed E-state index contributed by atoms with van der Waals surface area (Å²) >= 11 is 0. The van der Waals surface area contributed by atoms with Gasteiger partial charge in [0.2, 0.25) is 0 Å². The van der Waals surface area contributed by atoms with Gasteiger partial charge < -0.3 is 4.74 Å². The first-order chi connectivity index (χ1) is 8.68. The Morgan fingerprint density at radius 1 is 1.32 bits per heavy atom. The Morgan fingerprint density at radius 3 is 2.26 bits per heavy atom. The smallest absolute Gasteiger partial charge is 0.0946 e. The molecule has 1 fully saturated rings. The second-order valence-corrected chi connectivity index (χ2v) is 10.2. The third-order valence-electron chi connectivity index (χ3n) is 4.40. The summed E-state index contributed by atoms with van der Waals surface area (Å²) in [5.74, 6) is 1.02. The molecule has 1 aliphatic carbocycles. The SMILES string of the molecule is C=C(OCC)C1(C)CCC(P(C)CC(C)(C)C)CC1. The Balaban J connectivity index is 2.50. The van der Waals surface area contributed by atoms with Crippen molar-refractivity contribution in [3.8, 4) is 0 Å². The maximum Gasteiger partial charge on any atom is 0.0946 e. The molecule has 0 spiro atoms. The lowest BCUT2D eigenvalue weighted by Gasteiger charge is -2.41. The molecule has 0 amide bonds. The van der Waals surface area contributed by atoms with E-state index in [2.05, 4.69) is 47.9 Å². The molecule has 0 aromatic carbocycles. The molecule has 0 radical (unpaired) electrons. The van der Waals surface area contributed by atoms with E-state index in [1.165, 1.54) is 31.8 Å². The zero-order chi connectivity index (χ0) is 14.7. The van der Waals surface area contributed by atoms with Crippen LogP contribution in [0.25, 0.3) is 0 Å². The Kier molecular flexibility index (Phi) is 5.93. The number of hydrogen-bond acceptors (Lipinski definition) is 1. The van der Waals surface area contributed by atoms with Crippen molar-refractivity contribution >= 4 is 7.92 Å². The molecule has 112 valence electrons. The highest BCUT2D eigenvalue weighted by molar-refractivity contribution is 7.57. The van der Waals surface area contributed by atoms with Crippen LogP contribution < -0.4 is 0 Å². The minimum Gasteiger partial charge on any atom is -0.498 e. The van der Waals surface area contributed by atoms with E-state index in [9.17, 15) is 0 Å². The molecule has 0 bridgehead atoms. The zero-order valence-electron chi connectivity index (χ0n) is 13.9. The first kappa shape index (κ1) is 17.0. The molecule has 1 saturated carbocycles. The van der Waals surface area contributed by atoms with Crippen LogP contribution in [-0.2, 0) is 4.74 Å². The van der Waals surface area contributed by atoms with E-state index in [1.54, 1.807) is 0 Å². The fourth-order valence-corrected chi connectivity index (χ4v) is 6.08. The summed E-state index contributed by atoms with van der Waals surface area (Å²) in [6.45, 7) is 18.9. The van der Waals surface area contributed by atoms with Crippen LogP contribution >= 0.6 is 7.92 Å². The fourth-order valence-electron chi connectivity index (χ4n) is 3.19. The number of rotatable bonds is 5. The lowest BCUT2D eigenvalue weighted by atomic mass is 9.74. The molecular formula is C17H33OP. The highest BCUT2D eigenvalue weighted by atomic mass is 31.1. The normalized spacial score (nSPS) is 29.9. The van der Waals surface area contributed by atoms with Gasteiger partial charge in [-0.1, -0.05) is 34.3 Å². The quantitative estimate of drug-likeness (QED) is 0.468. The topological polar surface area (TPSA) is 9.23 Å². The third kappa shape index (κ3) is 5.10. The molecule has 0 aliphatic heterocycles. The highest BCUT2D eigenvalue weighted by Crippen LogP contribution is 2.53. The Morgan fingerprint density at radius 2 is 1.84 bits per heavy atom. The highest BCUT2D eigenvalue weighted by Gasteiger charge is 2.36. The average molecular weight is 284 g/mol. The number of hydrogen-bond donors (Lipinski definition) is 0. The summed E-state index contributed by atoms with van der Waals surface area (Å²) in [5, 5.41) is 0. The molecule has 1 aliphatic rings. The molecule has 1 atom stereocenters. The van der Waals surface area contributed by atoms with E-state index in [-0.39, 0.29) is 13.3 Å². The van der Waals surface area contributed by atoms with E-state index < -0.39 is 0 Å². The van der Waals surface area contributed by atoms with Gasteiger partial charge in [-0.2, -0.15) is 0 Å². The first-order valence-corrected chi connectivity index (χ1v) is 9.75. The molecule has 0 aromatic rings. The van der Waals surface area contributed by atoms with Crippen LogP contribution in [0.2, 0.25) is 0 Å². The molecule has 0 saturated heterocycles. The first-order valence-electron chi connectivity index (χ1n) is 7.70. The van der Waals surface area contributed by atoms with E-state index in [4.69, 9.17) is 4.74 Å². The predicted octanol–water partition coefficient (Wildman–Crippen LogP) is 5.64. The van der Waals surface area contributed by atoms with Crippen LogP contribution in [0, 0.1) is 10.8 Å². The summed E-state index contributed by atoms with van der Waals surface area (Å²) in [6.07, 6.45) is 6.64. The molecule has 0 aromatic heterocycles. The van der Waals surface area contributed by atoms with Gasteiger partial charge in [0, 0.05) is 5.41 Å². The van der Waals surface area contributed by atoms with Gasteiger partial charge >= 0.3 is 0 Å². The van der Waals surface area contributed by atoms with E-state index in [1.807, 2.05) is 0 Å². The maximum atomic E-state index is 5.67. The third-order valence-corrected chi connectivity index (χ3v) is 7.61. The monoisotopic (exact) mass is 284 g/mol. The summed E-state index contributed by atoms with van der Waals surface area (Å²) < 4.78 is 5.67. The van der Waals surface area contributed by atoms with Crippen molar-refractivity contribution in [2.75, 3.05) is 19.4 Å². The summed E-state index contributed by atoms with van der Waals surface area (Å²) in [7, 11) is 0.174. The molecule has 0 heterocycles. The second-order valence-electron chi connectivity index (χ2n) is 7.62. The van der Waals surface area contributed by atoms with Crippen LogP contribution in [0.3, 0.4) is 0 Å². The van der Waals surface area contributed by atoms with Crippen LogP contribution in [0.1, 0.15) is 60.3 Å². The van der Waals surface area contributed by atoms with Crippen molar-refractivity contribution in [2.24, 2.45) is 10.8 Å². The van der Waals surface area contributed by atoms with E-state index in [0.717, 1.165) is 18.0 Å².